The molecule has 0 aromatic carbocycles. The highest BCUT2D eigenvalue weighted by atomic mass is 127. The van der Waals surface area contributed by atoms with Crippen molar-refractivity contribution < 1.29 is 14.3 Å². The van der Waals surface area contributed by atoms with E-state index >= 15 is 0 Å². The maximum Gasteiger partial charge on any atom is 0.309 e. The highest BCUT2D eigenvalue weighted by Gasteiger charge is 2.27. The van der Waals surface area contributed by atoms with E-state index in [1.165, 1.54) is 6.42 Å². The Labute approximate surface area is 186 Å². The highest BCUT2D eigenvalue weighted by molar-refractivity contribution is 14.0. The van der Waals surface area contributed by atoms with Crippen LogP contribution in [0.4, 0.5) is 0 Å². The van der Waals surface area contributed by atoms with E-state index in [2.05, 4.69) is 22.1 Å². The molecule has 8 heteroatoms. The molecule has 28 heavy (non-hydrogen) atoms. The van der Waals surface area contributed by atoms with Gasteiger partial charge in [0.1, 0.15) is 0 Å². The van der Waals surface area contributed by atoms with E-state index in [0.29, 0.717) is 25.6 Å². The van der Waals surface area contributed by atoms with Gasteiger partial charge in [-0.25, -0.2) is 0 Å². The van der Waals surface area contributed by atoms with Crippen LogP contribution in [0, 0.1) is 5.92 Å². The lowest BCUT2D eigenvalue weighted by Crippen LogP contribution is -2.47. The van der Waals surface area contributed by atoms with E-state index < -0.39 is 0 Å². The third-order valence-electron chi connectivity index (χ3n) is 5.46. The summed E-state index contributed by atoms with van der Waals surface area (Å²) >= 11 is 0. The molecule has 162 valence electrons. The summed E-state index contributed by atoms with van der Waals surface area (Å²) in [5, 5.41) is 3.32. The molecule has 1 N–H and O–H groups in total. The number of carbonyl (C=O) groups excluding carboxylic acids is 2. The normalized spacial score (nSPS) is 21.1. The summed E-state index contributed by atoms with van der Waals surface area (Å²) in [5.74, 6) is 0.966. The first-order valence-corrected chi connectivity index (χ1v) is 10.6. The lowest BCUT2D eigenvalue weighted by molar-refractivity contribution is -0.149. The van der Waals surface area contributed by atoms with Gasteiger partial charge in [-0.1, -0.05) is 0 Å². The lowest BCUT2D eigenvalue weighted by atomic mass is 9.97. The number of rotatable bonds is 6. The summed E-state index contributed by atoms with van der Waals surface area (Å²) in [6.07, 6.45) is 5.46. The van der Waals surface area contributed by atoms with Crippen LogP contribution in [0.5, 0.6) is 0 Å². The van der Waals surface area contributed by atoms with Crippen LogP contribution >= 0.6 is 24.0 Å². The zero-order valence-corrected chi connectivity index (χ0v) is 19.9. The molecular formula is C20H37IN4O3. The molecule has 0 spiro atoms. The molecular weight excluding hydrogens is 471 g/mol. The molecule has 7 nitrogen and oxygen atoms in total. The topological polar surface area (TPSA) is 74.2 Å². The van der Waals surface area contributed by atoms with Gasteiger partial charge in [0.2, 0.25) is 5.91 Å². The molecule has 0 aromatic rings. The standard InChI is InChI=1S/C20H36N4O3.HI/c1-4-21-20(23-14-10-17(11-15-23)19(26)27-5-2)22-12-9-18(25)24-13-7-6-8-16(24)3;/h16-17H,4-15H2,1-3H3,(H,21,22);1H. The smallest absolute Gasteiger partial charge is 0.309 e. The Morgan fingerprint density at radius 3 is 2.43 bits per heavy atom. The fraction of sp³-hybridized carbons (Fsp3) is 0.850. The number of guanidine groups is 1. The minimum Gasteiger partial charge on any atom is -0.466 e. The average molecular weight is 508 g/mol. The second-order valence-corrected chi connectivity index (χ2v) is 7.43. The second-order valence-electron chi connectivity index (χ2n) is 7.43. The number of likely N-dealkylation sites (tertiary alicyclic amines) is 2. The molecule has 2 heterocycles. The summed E-state index contributed by atoms with van der Waals surface area (Å²) in [5.41, 5.74) is 0. The molecule has 0 aromatic heterocycles. The van der Waals surface area contributed by atoms with Gasteiger partial charge >= 0.3 is 5.97 Å². The molecule has 0 radical (unpaired) electrons. The summed E-state index contributed by atoms with van der Waals surface area (Å²) < 4.78 is 5.14. The molecule has 2 aliphatic heterocycles. The van der Waals surface area contributed by atoms with Gasteiger partial charge in [-0.05, 0) is 52.9 Å². The van der Waals surface area contributed by atoms with Gasteiger partial charge in [0, 0.05) is 38.6 Å². The monoisotopic (exact) mass is 508 g/mol. The van der Waals surface area contributed by atoms with Gasteiger partial charge in [-0.3, -0.25) is 14.6 Å². The van der Waals surface area contributed by atoms with Crippen LogP contribution in [0.15, 0.2) is 4.99 Å². The molecule has 0 bridgehead atoms. The minimum absolute atomic E-state index is 0. The number of amides is 1. The zero-order valence-electron chi connectivity index (χ0n) is 17.6. The van der Waals surface area contributed by atoms with Crippen molar-refractivity contribution in [1.29, 1.82) is 0 Å². The predicted octanol–water partition coefficient (Wildman–Crippen LogP) is 2.64. The Hall–Kier alpha value is -1.06. The number of hydrogen-bond donors (Lipinski definition) is 1. The minimum atomic E-state index is -0.0830. The summed E-state index contributed by atoms with van der Waals surface area (Å²) in [7, 11) is 0. The molecule has 2 saturated heterocycles. The fourth-order valence-electron chi connectivity index (χ4n) is 3.88. The second kappa shape index (κ2) is 13.2. The molecule has 0 aliphatic carbocycles. The van der Waals surface area contributed by atoms with Crippen LogP contribution in [-0.2, 0) is 14.3 Å². The van der Waals surface area contributed by atoms with Crippen LogP contribution in [0.3, 0.4) is 0 Å². The van der Waals surface area contributed by atoms with E-state index in [-0.39, 0.29) is 41.8 Å². The molecule has 1 amide bonds. The van der Waals surface area contributed by atoms with Crippen LogP contribution in [-0.4, -0.2) is 73.0 Å². The summed E-state index contributed by atoms with van der Waals surface area (Å²) in [4.78, 5) is 33.2. The molecule has 1 atom stereocenters. The number of aliphatic imine (C=N–C) groups is 1. The zero-order chi connectivity index (χ0) is 19.6. The molecule has 1 unspecified atom stereocenters. The van der Waals surface area contributed by atoms with Crippen LogP contribution in [0.2, 0.25) is 0 Å². The van der Waals surface area contributed by atoms with E-state index in [1.807, 2.05) is 18.7 Å². The molecule has 2 fully saturated rings. The maximum absolute atomic E-state index is 12.5. The molecule has 2 aliphatic rings. The van der Waals surface area contributed by atoms with Crippen LogP contribution < -0.4 is 5.32 Å². The number of nitrogens with zero attached hydrogens (tertiary/aromatic N) is 3. The van der Waals surface area contributed by atoms with Gasteiger partial charge < -0.3 is 19.9 Å². The van der Waals surface area contributed by atoms with Gasteiger partial charge in [0.25, 0.3) is 0 Å². The number of ether oxygens (including phenoxy) is 1. The highest BCUT2D eigenvalue weighted by Crippen LogP contribution is 2.19. The first kappa shape index (κ1) is 25.0. The number of esters is 1. The van der Waals surface area contributed by atoms with Crippen molar-refractivity contribution >= 4 is 41.8 Å². The summed E-state index contributed by atoms with van der Waals surface area (Å²) in [6, 6.07) is 0.352. The van der Waals surface area contributed by atoms with E-state index in [1.54, 1.807) is 0 Å². The Balaban J connectivity index is 0.00000392. The lowest BCUT2D eigenvalue weighted by Gasteiger charge is -2.34. The van der Waals surface area contributed by atoms with Gasteiger partial charge in [-0.2, -0.15) is 0 Å². The van der Waals surface area contributed by atoms with E-state index in [9.17, 15) is 9.59 Å². The van der Waals surface area contributed by atoms with E-state index in [4.69, 9.17) is 4.74 Å². The van der Waals surface area contributed by atoms with Crippen LogP contribution in [0.1, 0.15) is 59.3 Å². The van der Waals surface area contributed by atoms with Crippen molar-refractivity contribution in [3.8, 4) is 0 Å². The van der Waals surface area contributed by atoms with Crippen molar-refractivity contribution in [3.63, 3.8) is 0 Å². The largest absolute Gasteiger partial charge is 0.466 e. The average Bonchev–Trinajstić information content (AvgIpc) is 2.68. The molecule has 0 saturated carbocycles. The summed E-state index contributed by atoms with van der Waals surface area (Å²) in [6.45, 7) is 10.2. The quantitative estimate of drug-likeness (QED) is 0.259. The first-order valence-electron chi connectivity index (χ1n) is 10.6. The Morgan fingerprint density at radius 2 is 1.82 bits per heavy atom. The number of carbonyl (C=O) groups is 2. The Bertz CT molecular complexity index is 522. The van der Waals surface area contributed by atoms with E-state index in [0.717, 1.165) is 57.8 Å². The third kappa shape index (κ3) is 7.40. The third-order valence-corrected chi connectivity index (χ3v) is 5.46. The van der Waals surface area contributed by atoms with Crippen molar-refractivity contribution in [3.05, 3.63) is 0 Å². The van der Waals surface area contributed by atoms with Crippen molar-refractivity contribution in [2.75, 3.05) is 39.3 Å². The van der Waals surface area contributed by atoms with Gasteiger partial charge in [0.15, 0.2) is 5.96 Å². The van der Waals surface area contributed by atoms with Crippen molar-refractivity contribution in [2.24, 2.45) is 10.9 Å². The maximum atomic E-state index is 12.5. The van der Waals surface area contributed by atoms with Gasteiger partial charge in [0.05, 0.1) is 19.1 Å². The SMILES string of the molecule is CCNC(=NCCC(=O)N1CCCCC1C)N1CCC(C(=O)OCC)CC1.I. The van der Waals surface area contributed by atoms with Crippen LogP contribution in [0.25, 0.3) is 0 Å². The Kier molecular flexibility index (Phi) is 11.8. The number of nitrogens with one attached hydrogen (secondary N) is 1. The Morgan fingerprint density at radius 1 is 1.11 bits per heavy atom. The van der Waals surface area contributed by atoms with Crippen molar-refractivity contribution in [2.45, 2.75) is 65.3 Å². The van der Waals surface area contributed by atoms with Crippen molar-refractivity contribution in [1.82, 2.24) is 15.1 Å². The number of halogens is 1. The van der Waals surface area contributed by atoms with Gasteiger partial charge in [-0.15, -0.1) is 24.0 Å². The number of piperidine rings is 2. The molecule has 2 rings (SSSR count). The fourth-order valence-corrected chi connectivity index (χ4v) is 3.88. The predicted molar refractivity (Wildman–Crippen MR) is 122 cm³/mol. The first-order chi connectivity index (χ1) is 13.1. The number of hydrogen-bond acceptors (Lipinski definition) is 4.